The first-order valence-electron chi connectivity index (χ1n) is 1.72. The average molecular weight is 172 g/mol. The lowest BCUT2D eigenvalue weighted by molar-refractivity contribution is 0.284. The minimum atomic E-state index is -1.37. The number of rotatable bonds is 2. The van der Waals surface area contributed by atoms with Crippen molar-refractivity contribution in [2.24, 2.45) is 0 Å². The molecular weight excluding hydrogens is 168 g/mol. The minimum Gasteiger partial charge on any atom is -0.330 e. The summed E-state index contributed by atoms with van der Waals surface area (Å²) in [6.07, 6.45) is 0. The fraction of sp³-hybridized carbons (Fsp3) is 0.667. The van der Waals surface area contributed by atoms with Crippen molar-refractivity contribution in [3.8, 4) is 6.07 Å². The number of halogens is 2. The molecule has 2 atom stereocenters. The van der Waals surface area contributed by atoms with Crippen LogP contribution in [0.5, 0.6) is 0 Å². The van der Waals surface area contributed by atoms with E-state index in [0.717, 1.165) is 0 Å². The highest BCUT2D eigenvalue weighted by Gasteiger charge is 2.24. The molecule has 0 fully saturated rings. The van der Waals surface area contributed by atoms with Crippen LogP contribution in [-0.2, 0) is 4.52 Å². The van der Waals surface area contributed by atoms with Crippen molar-refractivity contribution in [3.63, 3.8) is 0 Å². The van der Waals surface area contributed by atoms with Crippen LogP contribution in [0.4, 0.5) is 0 Å². The molecule has 0 bridgehead atoms. The Morgan fingerprint density at radius 1 is 1.88 bits per heavy atom. The summed E-state index contributed by atoms with van der Waals surface area (Å²) in [6, 6.07) is 1.67. The summed E-state index contributed by atoms with van der Waals surface area (Å²) in [5.74, 6) is -0.0471. The van der Waals surface area contributed by atoms with Gasteiger partial charge in [0.2, 0.25) is 5.06 Å². The van der Waals surface area contributed by atoms with Gasteiger partial charge in [0, 0.05) is 9.47 Å². The van der Waals surface area contributed by atoms with Crippen molar-refractivity contribution < 1.29 is 4.52 Å². The van der Waals surface area contributed by atoms with E-state index in [1.54, 1.807) is 6.07 Å². The van der Waals surface area contributed by atoms with Crippen molar-refractivity contribution in [2.75, 3.05) is 5.88 Å². The Labute approximate surface area is 60.0 Å². The van der Waals surface area contributed by atoms with Crippen LogP contribution in [0.25, 0.3) is 0 Å². The fourth-order valence-corrected chi connectivity index (χ4v) is 0.452. The minimum absolute atomic E-state index is 0.0471. The molecule has 0 aliphatic rings. The topological polar surface area (TPSA) is 33.0 Å². The maximum Gasteiger partial charge on any atom is 0.245 e. The Morgan fingerprint density at radius 3 is 2.38 bits per heavy atom. The zero-order valence-electron chi connectivity index (χ0n) is 3.90. The molecule has 2 nitrogen and oxygen atoms in total. The molecule has 2 unspecified atom stereocenters. The van der Waals surface area contributed by atoms with Crippen LogP contribution < -0.4 is 0 Å². The second kappa shape index (κ2) is 3.48. The second-order valence-electron chi connectivity index (χ2n) is 1.09. The van der Waals surface area contributed by atoms with Crippen LogP contribution in [0.1, 0.15) is 0 Å². The summed E-state index contributed by atoms with van der Waals surface area (Å²) in [7, 11) is 1.87. The maximum absolute atomic E-state index is 8.18. The van der Waals surface area contributed by atoms with E-state index in [1.165, 1.54) is 0 Å². The first-order valence-corrected chi connectivity index (χ1v) is 3.11. The van der Waals surface area contributed by atoms with Gasteiger partial charge in [0.1, 0.15) is 6.07 Å². The molecule has 0 amide bonds. The summed E-state index contributed by atoms with van der Waals surface area (Å²) in [5.41, 5.74) is 0. The molecule has 8 heavy (non-hydrogen) atoms. The third-order valence-electron chi connectivity index (χ3n) is 0.526. The molecule has 0 saturated carbocycles. The Kier molecular flexibility index (Phi) is 3.68. The summed E-state index contributed by atoms with van der Waals surface area (Å²) >= 11 is 10.6. The van der Waals surface area contributed by atoms with E-state index in [1.807, 2.05) is 9.47 Å². The molecule has 0 aliphatic carbocycles. The summed E-state index contributed by atoms with van der Waals surface area (Å²) in [5, 5.41) is 6.81. The molecule has 0 heterocycles. The number of nitrogens with zero attached hydrogens (tertiary/aromatic N) is 1. The van der Waals surface area contributed by atoms with Gasteiger partial charge >= 0.3 is 0 Å². The lowest BCUT2D eigenvalue weighted by atomic mass is 10.5. The zero-order valence-corrected chi connectivity index (χ0v) is 6.56. The second-order valence-corrected chi connectivity index (χ2v) is 2.21. The van der Waals surface area contributed by atoms with E-state index >= 15 is 0 Å². The molecule has 5 heteroatoms. The van der Waals surface area contributed by atoms with Gasteiger partial charge in [-0.15, -0.1) is 11.6 Å². The van der Waals surface area contributed by atoms with Crippen molar-refractivity contribution in [1.29, 1.82) is 5.26 Å². The van der Waals surface area contributed by atoms with Crippen molar-refractivity contribution in [2.45, 2.75) is 5.06 Å². The lowest BCUT2D eigenvalue weighted by Gasteiger charge is -2.10. The maximum atomic E-state index is 8.18. The number of hydrogen-bond acceptors (Lipinski definition) is 2. The molecular formula is C3H4Cl2NOP. The van der Waals surface area contributed by atoms with Gasteiger partial charge in [0.05, 0.1) is 5.88 Å². The summed E-state index contributed by atoms with van der Waals surface area (Å²) < 4.78 is 4.43. The molecule has 0 aromatic carbocycles. The SMILES string of the molecule is N#CC(Cl)(CCl)OP. The molecule has 0 saturated heterocycles. The van der Waals surface area contributed by atoms with Crippen LogP contribution >= 0.6 is 32.7 Å². The molecule has 46 valence electrons. The number of alkyl halides is 2. The fourth-order valence-electron chi connectivity index (χ4n) is 0.0877. The van der Waals surface area contributed by atoms with E-state index in [2.05, 4.69) is 4.52 Å². The monoisotopic (exact) mass is 171 g/mol. The quantitative estimate of drug-likeness (QED) is 0.466. The Balaban J connectivity index is 3.83. The average Bonchev–Trinajstić information content (AvgIpc) is 1.87. The van der Waals surface area contributed by atoms with E-state index in [9.17, 15) is 0 Å². The third-order valence-corrected chi connectivity index (χ3v) is 1.90. The van der Waals surface area contributed by atoms with Gasteiger partial charge in [-0.3, -0.25) is 0 Å². The smallest absolute Gasteiger partial charge is 0.245 e. The van der Waals surface area contributed by atoms with Crippen LogP contribution in [0.2, 0.25) is 0 Å². The van der Waals surface area contributed by atoms with Crippen LogP contribution in [-0.4, -0.2) is 10.9 Å². The summed E-state index contributed by atoms with van der Waals surface area (Å²) in [4.78, 5) is 0. The van der Waals surface area contributed by atoms with Gasteiger partial charge in [0.25, 0.3) is 0 Å². The van der Waals surface area contributed by atoms with Gasteiger partial charge in [-0.1, -0.05) is 11.6 Å². The molecule has 0 aliphatic heterocycles. The molecule has 0 radical (unpaired) electrons. The molecule has 0 rings (SSSR count). The van der Waals surface area contributed by atoms with E-state index < -0.39 is 5.06 Å². The van der Waals surface area contributed by atoms with Crippen LogP contribution in [0, 0.1) is 11.3 Å². The number of hydrogen-bond donors (Lipinski definition) is 0. The highest BCUT2D eigenvalue weighted by molar-refractivity contribution is 7.10. The molecule has 0 aromatic rings. The van der Waals surface area contributed by atoms with E-state index in [-0.39, 0.29) is 5.88 Å². The van der Waals surface area contributed by atoms with Crippen molar-refractivity contribution >= 4 is 32.7 Å². The van der Waals surface area contributed by atoms with Crippen LogP contribution in [0.15, 0.2) is 0 Å². The van der Waals surface area contributed by atoms with Gasteiger partial charge in [-0.2, -0.15) is 5.26 Å². The standard InChI is InChI=1S/C3H4Cl2NOP/c4-1-3(5,2-6)7-8/h1,8H2. The summed E-state index contributed by atoms with van der Waals surface area (Å²) in [6.45, 7) is 0. The van der Waals surface area contributed by atoms with Gasteiger partial charge in [-0.05, 0) is 0 Å². The highest BCUT2D eigenvalue weighted by Crippen LogP contribution is 2.20. The van der Waals surface area contributed by atoms with E-state index in [4.69, 9.17) is 28.5 Å². The third kappa shape index (κ3) is 2.15. The lowest BCUT2D eigenvalue weighted by Crippen LogP contribution is -2.20. The predicted octanol–water partition coefficient (Wildman–Crippen LogP) is 1.49. The van der Waals surface area contributed by atoms with E-state index in [0.29, 0.717) is 0 Å². The van der Waals surface area contributed by atoms with Gasteiger partial charge < -0.3 is 4.52 Å². The van der Waals surface area contributed by atoms with Gasteiger partial charge in [-0.25, -0.2) is 0 Å². The Hall–Kier alpha value is 0.460. The Bertz CT molecular complexity index is 108. The molecule has 0 aromatic heterocycles. The normalized spacial score (nSPS) is 16.8. The first-order chi connectivity index (χ1) is 3.68. The first kappa shape index (κ1) is 8.46. The number of nitriles is 1. The zero-order chi connectivity index (χ0) is 6.62. The molecule has 0 spiro atoms. The highest BCUT2D eigenvalue weighted by atomic mass is 35.5. The molecule has 0 N–H and O–H groups in total. The van der Waals surface area contributed by atoms with Crippen molar-refractivity contribution in [1.82, 2.24) is 0 Å². The largest absolute Gasteiger partial charge is 0.330 e. The van der Waals surface area contributed by atoms with Crippen molar-refractivity contribution in [3.05, 3.63) is 0 Å². The Morgan fingerprint density at radius 2 is 2.38 bits per heavy atom. The van der Waals surface area contributed by atoms with Gasteiger partial charge in [0.15, 0.2) is 0 Å². The predicted molar refractivity (Wildman–Crippen MR) is 35.7 cm³/mol. The van der Waals surface area contributed by atoms with Crippen LogP contribution in [0.3, 0.4) is 0 Å².